The molecule has 0 atom stereocenters. The van der Waals surface area contributed by atoms with Crippen LogP contribution >= 0.6 is 23.2 Å². The Kier molecular flexibility index (Phi) is 9.06. The number of carboxylic acid groups (broad SMARTS) is 1. The molecule has 0 fully saturated rings. The topological polar surface area (TPSA) is 142 Å². The minimum absolute atomic E-state index is 0.0902. The number of carbonyl (C=O) groups is 1. The molecular formula is C25H23Cl2N6O4S+. The Morgan fingerprint density at radius 1 is 1.11 bits per heavy atom. The van der Waals surface area contributed by atoms with E-state index in [1.54, 1.807) is 49.5 Å². The van der Waals surface area contributed by atoms with Gasteiger partial charge in [-0.25, -0.2) is 19.7 Å². The number of hydrogen-bond acceptors (Lipinski definition) is 9. The Hall–Kier alpha value is -3.80. The van der Waals surface area contributed by atoms with Gasteiger partial charge in [-0.2, -0.15) is 0 Å². The van der Waals surface area contributed by atoms with Crippen LogP contribution in [0.5, 0.6) is 0 Å². The first-order valence-corrected chi connectivity index (χ1v) is 13.1. The van der Waals surface area contributed by atoms with Crippen molar-refractivity contribution in [1.82, 2.24) is 15.0 Å². The maximum atomic E-state index is 11.7. The molecule has 4 rings (SSSR count). The molecule has 0 spiro atoms. The second kappa shape index (κ2) is 12.6. The molecule has 2 heterocycles. The van der Waals surface area contributed by atoms with Gasteiger partial charge in [-0.05, 0) is 37.3 Å². The minimum Gasteiger partial charge on any atom is -0.478 e. The van der Waals surface area contributed by atoms with Gasteiger partial charge in [-0.1, -0.05) is 35.3 Å². The molecule has 0 aliphatic carbocycles. The molecule has 0 amide bonds. The Morgan fingerprint density at radius 3 is 2.68 bits per heavy atom. The number of anilines is 4. The van der Waals surface area contributed by atoms with Crippen molar-refractivity contribution in [2.75, 3.05) is 28.2 Å². The molecule has 0 unspecified atom stereocenters. The Balaban J connectivity index is 1.64. The molecule has 10 nitrogen and oxygen atoms in total. The summed E-state index contributed by atoms with van der Waals surface area (Å²) >= 11 is 12.9. The van der Waals surface area contributed by atoms with Gasteiger partial charge in [0, 0.05) is 27.8 Å². The van der Waals surface area contributed by atoms with E-state index in [0.717, 1.165) is 0 Å². The van der Waals surface area contributed by atoms with Gasteiger partial charge in [0.25, 0.3) is 0 Å². The van der Waals surface area contributed by atoms with Gasteiger partial charge in [0.05, 0.1) is 29.0 Å². The van der Waals surface area contributed by atoms with E-state index in [-0.39, 0.29) is 12.1 Å². The second-order valence-corrected chi connectivity index (χ2v) is 9.50. The van der Waals surface area contributed by atoms with Gasteiger partial charge in [0.1, 0.15) is 11.5 Å². The predicted octanol–water partition coefficient (Wildman–Crippen LogP) is 6.03. The number of benzene rings is 2. The molecule has 0 bridgehead atoms. The Morgan fingerprint density at radius 2 is 1.89 bits per heavy atom. The molecule has 4 aromatic rings. The number of rotatable bonds is 12. The lowest BCUT2D eigenvalue weighted by molar-refractivity contribution is 0.0698. The van der Waals surface area contributed by atoms with Crippen LogP contribution in [-0.2, 0) is 22.4 Å². The highest BCUT2D eigenvalue weighted by Crippen LogP contribution is 2.33. The number of carboxylic acids is 1. The summed E-state index contributed by atoms with van der Waals surface area (Å²) in [5.41, 5.74) is 1.55. The summed E-state index contributed by atoms with van der Waals surface area (Å²) in [6.07, 6.45) is 2.19. The largest absolute Gasteiger partial charge is 0.478 e. The fourth-order valence-electron chi connectivity index (χ4n) is 3.57. The van der Waals surface area contributed by atoms with E-state index in [1.807, 2.05) is 0 Å². The van der Waals surface area contributed by atoms with Gasteiger partial charge >= 0.3 is 17.6 Å². The highest BCUT2D eigenvalue weighted by atomic mass is 35.5. The maximum Gasteiger partial charge on any atom is 0.458 e. The zero-order chi connectivity index (χ0) is 27.1. The van der Waals surface area contributed by atoms with Crippen molar-refractivity contribution in [2.24, 2.45) is 0 Å². The molecule has 0 aliphatic heterocycles. The number of aryl methyl sites for hydroxylation is 1. The number of halogens is 2. The van der Waals surface area contributed by atoms with E-state index >= 15 is 0 Å². The van der Waals surface area contributed by atoms with Crippen LogP contribution in [-0.4, -0.2) is 38.3 Å². The normalized spacial score (nSPS) is 10.7. The number of aromatic carboxylic acids is 1. The van der Waals surface area contributed by atoms with Gasteiger partial charge in [-0.3, -0.25) is 0 Å². The molecule has 2 aromatic carbocycles. The molecule has 0 radical (unpaired) electrons. The standard InChI is InChI=1S/C25H22Cl2N6O4S/c1-14-31-23(28-9-4-10-38-36)22(24(32-14)33-19-6-3-2-5-16(19)25(34)35)30-13-21-29-12-20(37-21)17-11-15(26)7-8-18(17)27/h2-3,5-8,11-12,30H,4,9-10,13H2,1H3,(H2-,28,31,32,33,34,35)/p+1. The molecule has 196 valence electrons. The number of oxazole rings is 1. The smallest absolute Gasteiger partial charge is 0.458 e. The van der Waals surface area contributed by atoms with E-state index in [2.05, 4.69) is 30.9 Å². The van der Waals surface area contributed by atoms with Crippen molar-refractivity contribution in [2.45, 2.75) is 19.9 Å². The highest BCUT2D eigenvalue weighted by Gasteiger charge is 2.18. The van der Waals surface area contributed by atoms with Gasteiger partial charge in [0.2, 0.25) is 11.6 Å². The molecule has 38 heavy (non-hydrogen) atoms. The molecule has 13 heteroatoms. The first-order valence-electron chi connectivity index (χ1n) is 11.5. The molecule has 0 aliphatic rings. The Bertz CT molecular complexity index is 1470. The lowest BCUT2D eigenvalue weighted by Gasteiger charge is -2.18. The van der Waals surface area contributed by atoms with E-state index in [1.165, 1.54) is 6.07 Å². The van der Waals surface area contributed by atoms with Crippen molar-refractivity contribution >= 4 is 63.8 Å². The summed E-state index contributed by atoms with van der Waals surface area (Å²) in [7, 11) is 0. The Labute approximate surface area is 232 Å². The lowest BCUT2D eigenvalue weighted by atomic mass is 10.2. The van der Waals surface area contributed by atoms with Crippen molar-refractivity contribution in [3.63, 3.8) is 0 Å². The summed E-state index contributed by atoms with van der Waals surface area (Å²) in [6.45, 7) is 2.39. The monoisotopic (exact) mass is 573 g/mol. The third kappa shape index (κ3) is 6.74. The number of nitrogens with one attached hydrogen (secondary N) is 3. The van der Waals surface area contributed by atoms with E-state index in [4.69, 9.17) is 27.6 Å². The first-order chi connectivity index (χ1) is 18.4. The average molecular weight is 574 g/mol. The fraction of sp³-hybridized carbons (Fsp3) is 0.200. The van der Waals surface area contributed by atoms with Crippen LogP contribution in [0.3, 0.4) is 0 Å². The maximum absolute atomic E-state index is 11.7. The zero-order valence-electron chi connectivity index (χ0n) is 20.1. The number of nitrogens with zero attached hydrogens (tertiary/aromatic N) is 3. The quantitative estimate of drug-likeness (QED) is 0.117. The van der Waals surface area contributed by atoms with Crippen LogP contribution in [0.15, 0.2) is 53.1 Å². The van der Waals surface area contributed by atoms with Crippen LogP contribution in [0.1, 0.15) is 28.5 Å². The molecular weight excluding hydrogens is 551 g/mol. The third-order valence-corrected chi connectivity index (χ3v) is 6.31. The van der Waals surface area contributed by atoms with Crippen LogP contribution in [0.25, 0.3) is 11.3 Å². The van der Waals surface area contributed by atoms with Crippen molar-refractivity contribution < 1.29 is 18.5 Å². The zero-order valence-corrected chi connectivity index (χ0v) is 22.5. The van der Waals surface area contributed by atoms with Gasteiger partial charge < -0.3 is 25.5 Å². The van der Waals surface area contributed by atoms with Crippen molar-refractivity contribution in [1.29, 1.82) is 0 Å². The number of aromatic nitrogens is 3. The summed E-state index contributed by atoms with van der Waals surface area (Å²) in [5, 5.41) is 20.2. The van der Waals surface area contributed by atoms with E-state index < -0.39 is 5.97 Å². The minimum atomic E-state index is -1.08. The SMILES string of the molecule is Cc1nc(NCCC[S+]=O)c(NCc2ncc(-c3cc(Cl)ccc3Cl)o2)c(Nc2ccccc2C(=O)O)n1. The third-order valence-electron chi connectivity index (χ3n) is 5.29. The molecule has 4 N–H and O–H groups in total. The van der Waals surface area contributed by atoms with Crippen LogP contribution < -0.4 is 16.0 Å². The van der Waals surface area contributed by atoms with Crippen molar-refractivity contribution in [3.05, 3.63) is 76.0 Å². The highest BCUT2D eigenvalue weighted by molar-refractivity contribution is 7.65. The summed E-state index contributed by atoms with van der Waals surface area (Å²) in [6, 6.07) is 11.6. The second-order valence-electron chi connectivity index (χ2n) is 8.02. The first kappa shape index (κ1) is 27.2. The summed E-state index contributed by atoms with van der Waals surface area (Å²) in [5.74, 6) is 1.49. The van der Waals surface area contributed by atoms with Gasteiger partial charge in [0.15, 0.2) is 17.4 Å². The average Bonchev–Trinajstić information content (AvgIpc) is 3.36. The van der Waals surface area contributed by atoms with E-state index in [0.29, 0.717) is 86.5 Å². The summed E-state index contributed by atoms with van der Waals surface area (Å²) < 4.78 is 16.7. The van der Waals surface area contributed by atoms with E-state index in [9.17, 15) is 14.1 Å². The number of hydrogen-bond donors (Lipinski definition) is 4. The predicted molar refractivity (Wildman–Crippen MR) is 149 cm³/mol. The number of para-hydroxylation sites is 1. The van der Waals surface area contributed by atoms with Gasteiger partial charge in [-0.15, -0.1) is 0 Å². The van der Waals surface area contributed by atoms with Crippen LogP contribution in [0, 0.1) is 6.92 Å². The van der Waals surface area contributed by atoms with Crippen molar-refractivity contribution in [3.8, 4) is 11.3 Å². The molecule has 0 saturated carbocycles. The summed E-state index contributed by atoms with van der Waals surface area (Å²) in [4.78, 5) is 25.1. The fourth-order valence-corrected chi connectivity index (χ4v) is 4.21. The van der Waals surface area contributed by atoms with Crippen LogP contribution in [0.2, 0.25) is 10.0 Å². The molecule has 2 aromatic heterocycles. The molecule has 0 saturated heterocycles. The lowest BCUT2D eigenvalue weighted by Crippen LogP contribution is -2.14. The van der Waals surface area contributed by atoms with Crippen LogP contribution in [0.4, 0.5) is 23.0 Å².